The van der Waals surface area contributed by atoms with E-state index in [4.69, 9.17) is 0 Å². The van der Waals surface area contributed by atoms with Gasteiger partial charge in [0.15, 0.2) is 0 Å². The highest BCUT2D eigenvalue weighted by Crippen LogP contribution is 2.30. The van der Waals surface area contributed by atoms with Crippen LogP contribution in [0, 0.1) is 12.8 Å². The molecule has 1 aromatic rings. The Labute approximate surface area is 153 Å². The zero-order valence-corrected chi connectivity index (χ0v) is 16.7. The fourth-order valence-electron chi connectivity index (χ4n) is 3.15. The Morgan fingerprint density at radius 1 is 1.04 bits per heavy atom. The summed E-state index contributed by atoms with van der Waals surface area (Å²) in [7, 11) is 0. The van der Waals surface area contributed by atoms with Gasteiger partial charge in [-0.1, -0.05) is 96.5 Å². The zero-order chi connectivity index (χ0) is 17.8. The maximum atomic E-state index is 2.40. The largest absolute Gasteiger partial charge is 0.0837 e. The molecule has 0 saturated heterocycles. The third-order valence-electron chi connectivity index (χ3n) is 4.12. The average molecular weight is 331 g/mol. The molecule has 1 aromatic carbocycles. The molecule has 1 aliphatic carbocycles. The van der Waals surface area contributed by atoms with Gasteiger partial charge in [0.05, 0.1) is 0 Å². The van der Waals surface area contributed by atoms with Crippen molar-refractivity contribution in [1.82, 2.24) is 0 Å². The summed E-state index contributed by atoms with van der Waals surface area (Å²) in [6.07, 6.45) is 10.6. The third kappa shape index (κ3) is 7.99. The number of allylic oxidation sites excluding steroid dienone is 4. The van der Waals surface area contributed by atoms with Gasteiger partial charge >= 0.3 is 0 Å². The summed E-state index contributed by atoms with van der Waals surface area (Å²) in [6.45, 7) is 17.0. The molecule has 24 heavy (non-hydrogen) atoms. The topological polar surface area (TPSA) is 0 Å². The number of rotatable bonds is 1. The molecule has 0 nitrogen and oxygen atoms in total. The van der Waals surface area contributed by atoms with Crippen LogP contribution < -0.4 is 0 Å². The summed E-state index contributed by atoms with van der Waals surface area (Å²) in [4.78, 5) is 0. The quantitative estimate of drug-likeness (QED) is 0.486. The molecule has 0 bridgehead atoms. The molecule has 1 aliphatic rings. The molecular formula is C24H42. The van der Waals surface area contributed by atoms with E-state index in [1.165, 1.54) is 24.0 Å². The van der Waals surface area contributed by atoms with Gasteiger partial charge in [-0.05, 0) is 56.1 Å². The van der Waals surface area contributed by atoms with Gasteiger partial charge in [-0.2, -0.15) is 0 Å². The lowest BCUT2D eigenvalue weighted by atomic mass is 9.84. The zero-order valence-electron chi connectivity index (χ0n) is 16.7. The van der Waals surface area contributed by atoms with Crippen molar-refractivity contribution in [2.24, 2.45) is 5.92 Å². The lowest BCUT2D eigenvalue weighted by Gasteiger charge is -2.21. The van der Waals surface area contributed by atoms with Crippen LogP contribution in [0.3, 0.4) is 0 Å². The molecule has 2 rings (SSSR count). The fraction of sp³-hybridized carbons (Fsp3) is 0.583. The summed E-state index contributed by atoms with van der Waals surface area (Å²) in [6, 6.07) is 7.02. The first kappa shape index (κ1) is 24.9. The van der Waals surface area contributed by atoms with E-state index in [0.717, 1.165) is 6.42 Å². The van der Waals surface area contributed by atoms with Gasteiger partial charge in [0.1, 0.15) is 0 Å². The monoisotopic (exact) mass is 330 g/mol. The Balaban J connectivity index is 0. The van der Waals surface area contributed by atoms with Crippen LogP contribution in [0.1, 0.15) is 91.3 Å². The van der Waals surface area contributed by atoms with Gasteiger partial charge in [0.25, 0.3) is 0 Å². The van der Waals surface area contributed by atoms with Crippen LogP contribution in [0.2, 0.25) is 0 Å². The Hall–Kier alpha value is -1.30. The molecule has 0 heteroatoms. The van der Waals surface area contributed by atoms with E-state index >= 15 is 0 Å². The van der Waals surface area contributed by atoms with Crippen molar-refractivity contribution < 1.29 is 0 Å². The first-order chi connectivity index (χ1) is 11.1. The Bertz CT molecular complexity index is 491. The van der Waals surface area contributed by atoms with Gasteiger partial charge in [0.2, 0.25) is 0 Å². The smallest absolute Gasteiger partial charge is 0.0127 e. The minimum absolute atomic E-state index is 0. The summed E-state index contributed by atoms with van der Waals surface area (Å²) in [5.41, 5.74) is 5.91. The molecule has 0 aliphatic heterocycles. The molecule has 0 radical (unpaired) electrons. The van der Waals surface area contributed by atoms with Crippen LogP contribution in [-0.2, 0) is 6.42 Å². The maximum absolute atomic E-state index is 2.40. The van der Waals surface area contributed by atoms with Gasteiger partial charge in [-0.3, -0.25) is 0 Å². The van der Waals surface area contributed by atoms with Crippen LogP contribution in [-0.4, -0.2) is 0 Å². The normalized spacial score (nSPS) is 22.8. The highest BCUT2D eigenvalue weighted by atomic mass is 14.2. The summed E-state index contributed by atoms with van der Waals surface area (Å²) < 4.78 is 0. The first-order valence-electron chi connectivity index (χ1n) is 9.54. The van der Waals surface area contributed by atoms with Crippen molar-refractivity contribution in [3.63, 3.8) is 0 Å². The van der Waals surface area contributed by atoms with E-state index < -0.39 is 0 Å². The van der Waals surface area contributed by atoms with E-state index in [-0.39, 0.29) is 7.43 Å². The molecule has 0 fully saturated rings. The Kier molecular flexibility index (Phi) is 14.6. The Morgan fingerprint density at radius 2 is 1.67 bits per heavy atom. The first-order valence-corrected chi connectivity index (χ1v) is 9.54. The number of hydrogen-bond acceptors (Lipinski definition) is 0. The lowest BCUT2D eigenvalue weighted by Crippen LogP contribution is -2.06. The molecule has 0 saturated carbocycles. The second-order valence-electron chi connectivity index (χ2n) is 6.04. The maximum Gasteiger partial charge on any atom is -0.0127 e. The molecule has 0 N–H and O–H groups in total. The molecule has 0 aromatic heterocycles. The standard InChI is InChI=1S/C19H26.2C2H6.CH4/c1-5-17-8-6-7-14(2)11-16(4)13-18-12-15(3)9-10-19(17)18;2*1-2;/h6-7,9-12,16-17H,5,8,13H2,1-4H3;2*1-2H3;1H4/b7-6-,14-11-;;;. The van der Waals surface area contributed by atoms with Crippen LogP contribution in [0.5, 0.6) is 0 Å². The minimum atomic E-state index is 0. The van der Waals surface area contributed by atoms with Crippen LogP contribution in [0.15, 0.2) is 42.0 Å². The predicted octanol–water partition coefficient (Wildman–Crippen LogP) is 8.26. The van der Waals surface area contributed by atoms with E-state index in [9.17, 15) is 0 Å². The van der Waals surface area contributed by atoms with Crippen molar-refractivity contribution in [3.8, 4) is 0 Å². The van der Waals surface area contributed by atoms with Crippen molar-refractivity contribution in [2.75, 3.05) is 0 Å². The van der Waals surface area contributed by atoms with Crippen LogP contribution >= 0.6 is 0 Å². The van der Waals surface area contributed by atoms with Crippen molar-refractivity contribution in [3.05, 3.63) is 58.7 Å². The van der Waals surface area contributed by atoms with Gasteiger partial charge < -0.3 is 0 Å². The minimum Gasteiger partial charge on any atom is -0.0837 e. The SMILES string of the molecule is C.CC.CC.CCC1C/C=C\C(C)=C/C(C)Cc2cc(C)ccc21. The van der Waals surface area contributed by atoms with Crippen LogP contribution in [0.25, 0.3) is 0 Å². The van der Waals surface area contributed by atoms with Gasteiger partial charge in [-0.15, -0.1) is 0 Å². The number of aryl methyl sites for hydroxylation is 1. The summed E-state index contributed by atoms with van der Waals surface area (Å²) >= 11 is 0. The van der Waals surface area contributed by atoms with E-state index in [2.05, 4.69) is 64.1 Å². The average Bonchev–Trinajstić information content (AvgIpc) is 2.56. The van der Waals surface area contributed by atoms with Crippen molar-refractivity contribution in [1.29, 1.82) is 0 Å². The van der Waals surface area contributed by atoms with Gasteiger partial charge in [-0.25, -0.2) is 0 Å². The number of benzene rings is 1. The van der Waals surface area contributed by atoms with E-state index in [0.29, 0.717) is 11.8 Å². The third-order valence-corrected chi connectivity index (χ3v) is 4.12. The van der Waals surface area contributed by atoms with Crippen molar-refractivity contribution >= 4 is 0 Å². The van der Waals surface area contributed by atoms with Crippen LogP contribution in [0.4, 0.5) is 0 Å². The molecule has 0 spiro atoms. The highest BCUT2D eigenvalue weighted by molar-refractivity contribution is 5.36. The van der Waals surface area contributed by atoms with E-state index in [1.807, 2.05) is 27.7 Å². The van der Waals surface area contributed by atoms with Gasteiger partial charge in [0, 0.05) is 0 Å². The molecular weight excluding hydrogens is 288 g/mol. The predicted molar refractivity (Wildman–Crippen MR) is 114 cm³/mol. The lowest BCUT2D eigenvalue weighted by molar-refractivity contribution is 0.643. The molecule has 2 unspecified atom stereocenters. The molecule has 0 amide bonds. The number of hydrogen-bond donors (Lipinski definition) is 0. The summed E-state index contributed by atoms with van der Waals surface area (Å²) in [5.74, 6) is 1.28. The molecule has 138 valence electrons. The molecule has 2 atom stereocenters. The second-order valence-corrected chi connectivity index (χ2v) is 6.04. The van der Waals surface area contributed by atoms with E-state index in [1.54, 1.807) is 11.1 Å². The second kappa shape index (κ2) is 14.1. The highest BCUT2D eigenvalue weighted by Gasteiger charge is 2.15. The Morgan fingerprint density at radius 3 is 2.25 bits per heavy atom. The fourth-order valence-corrected chi connectivity index (χ4v) is 3.15. The van der Waals surface area contributed by atoms with Crippen molar-refractivity contribution in [2.45, 2.75) is 88.0 Å². The number of fused-ring (bicyclic) bond motifs is 1. The summed E-state index contributed by atoms with van der Waals surface area (Å²) in [5, 5.41) is 0. The molecule has 0 heterocycles.